The molecule has 0 fully saturated rings. The largest absolute Gasteiger partial charge is 0.463 e. The average molecular weight is 324 g/mol. The summed E-state index contributed by atoms with van der Waals surface area (Å²) in [7, 11) is 0. The van der Waals surface area contributed by atoms with E-state index in [0.29, 0.717) is 17.3 Å². The zero-order chi connectivity index (χ0) is 17.1. The first kappa shape index (κ1) is 15.7. The van der Waals surface area contributed by atoms with E-state index in [-0.39, 0.29) is 11.5 Å². The van der Waals surface area contributed by atoms with Crippen LogP contribution in [0.3, 0.4) is 0 Å². The normalized spacial score (nSPS) is 11.9. The minimum Gasteiger partial charge on any atom is -0.463 e. The van der Waals surface area contributed by atoms with Crippen LogP contribution in [0.25, 0.3) is 11.5 Å². The lowest BCUT2D eigenvalue weighted by atomic mass is 10.2. The highest BCUT2D eigenvalue weighted by Gasteiger charge is 2.19. The Kier molecular flexibility index (Phi) is 4.24. The molecule has 1 unspecified atom stereocenters. The van der Waals surface area contributed by atoms with E-state index in [1.54, 1.807) is 37.4 Å². The summed E-state index contributed by atoms with van der Waals surface area (Å²) in [5, 5.41) is 6.95. The van der Waals surface area contributed by atoms with Crippen molar-refractivity contribution >= 4 is 11.7 Å². The summed E-state index contributed by atoms with van der Waals surface area (Å²) in [5.41, 5.74) is 0.946. The minimum atomic E-state index is -0.797. The van der Waals surface area contributed by atoms with Gasteiger partial charge in [-0.25, -0.2) is 9.67 Å². The van der Waals surface area contributed by atoms with Crippen molar-refractivity contribution in [1.82, 2.24) is 14.8 Å². The van der Waals surface area contributed by atoms with Crippen molar-refractivity contribution in [1.29, 1.82) is 0 Å². The fourth-order valence-electron chi connectivity index (χ4n) is 2.21. The van der Waals surface area contributed by atoms with Crippen LogP contribution in [0.2, 0.25) is 0 Å². The zero-order valence-corrected chi connectivity index (χ0v) is 13.3. The fourth-order valence-corrected chi connectivity index (χ4v) is 2.21. The lowest BCUT2D eigenvalue weighted by Crippen LogP contribution is -2.33. The number of anilines is 1. The van der Waals surface area contributed by atoms with Gasteiger partial charge in [-0.2, -0.15) is 5.10 Å². The van der Waals surface area contributed by atoms with E-state index in [9.17, 15) is 9.59 Å². The van der Waals surface area contributed by atoms with Gasteiger partial charge in [-0.15, -0.1) is 0 Å². The standard InChI is InChI=1S/C17H16N4O3/c1-11-5-3-9-18-16(11)19-17(23)12(2)21-15(22)8-7-13(20-21)14-6-4-10-24-14/h3-10,12H,1-2H3,(H,18,19,23). The van der Waals surface area contributed by atoms with Gasteiger partial charge >= 0.3 is 0 Å². The Morgan fingerprint density at radius 1 is 1.25 bits per heavy atom. The number of aryl methyl sites for hydroxylation is 1. The summed E-state index contributed by atoms with van der Waals surface area (Å²) in [6.07, 6.45) is 3.11. The molecule has 0 aliphatic rings. The van der Waals surface area contributed by atoms with Gasteiger partial charge in [-0.3, -0.25) is 9.59 Å². The number of hydrogen-bond donors (Lipinski definition) is 1. The summed E-state index contributed by atoms with van der Waals surface area (Å²) >= 11 is 0. The molecule has 0 spiro atoms. The van der Waals surface area contributed by atoms with Crippen LogP contribution in [0.5, 0.6) is 0 Å². The molecule has 0 saturated carbocycles. The number of nitrogens with zero attached hydrogens (tertiary/aromatic N) is 3. The second kappa shape index (κ2) is 6.49. The van der Waals surface area contributed by atoms with Crippen LogP contribution in [0.1, 0.15) is 18.5 Å². The van der Waals surface area contributed by atoms with Gasteiger partial charge in [0.1, 0.15) is 17.6 Å². The summed E-state index contributed by atoms with van der Waals surface area (Å²) < 4.78 is 6.41. The average Bonchev–Trinajstić information content (AvgIpc) is 3.11. The molecule has 3 aromatic rings. The molecule has 1 atom stereocenters. The number of amides is 1. The van der Waals surface area contributed by atoms with Crippen molar-refractivity contribution in [3.63, 3.8) is 0 Å². The monoisotopic (exact) mass is 324 g/mol. The Morgan fingerprint density at radius 2 is 2.08 bits per heavy atom. The summed E-state index contributed by atoms with van der Waals surface area (Å²) in [4.78, 5) is 28.6. The molecule has 0 aliphatic heterocycles. The van der Waals surface area contributed by atoms with E-state index in [1.165, 1.54) is 12.3 Å². The number of carbonyl (C=O) groups is 1. The maximum absolute atomic E-state index is 12.4. The van der Waals surface area contributed by atoms with Gasteiger partial charge in [0.2, 0.25) is 5.91 Å². The number of carbonyl (C=O) groups excluding carboxylic acids is 1. The van der Waals surface area contributed by atoms with Crippen LogP contribution in [0.15, 0.2) is 58.1 Å². The van der Waals surface area contributed by atoms with Gasteiger partial charge in [0.05, 0.1) is 6.26 Å². The molecule has 0 saturated heterocycles. The zero-order valence-electron chi connectivity index (χ0n) is 13.3. The van der Waals surface area contributed by atoms with E-state index in [2.05, 4.69) is 15.4 Å². The fraction of sp³-hybridized carbons (Fsp3) is 0.176. The number of furan rings is 1. The van der Waals surface area contributed by atoms with Crippen LogP contribution >= 0.6 is 0 Å². The summed E-state index contributed by atoms with van der Waals surface area (Å²) in [6, 6.07) is 9.22. The Bertz CT molecular complexity index is 916. The van der Waals surface area contributed by atoms with Gasteiger partial charge < -0.3 is 9.73 Å². The lowest BCUT2D eigenvalue weighted by molar-refractivity contribution is -0.119. The maximum atomic E-state index is 12.4. The Morgan fingerprint density at radius 3 is 2.79 bits per heavy atom. The second-order valence-corrected chi connectivity index (χ2v) is 5.31. The van der Waals surface area contributed by atoms with Gasteiger partial charge in [-0.1, -0.05) is 6.07 Å². The third-order valence-electron chi connectivity index (χ3n) is 3.60. The highest BCUT2D eigenvalue weighted by atomic mass is 16.3. The number of aromatic nitrogens is 3. The van der Waals surface area contributed by atoms with E-state index in [1.807, 2.05) is 13.0 Å². The quantitative estimate of drug-likeness (QED) is 0.796. The molecular weight excluding hydrogens is 308 g/mol. The SMILES string of the molecule is Cc1cccnc1NC(=O)C(C)n1nc(-c2ccco2)ccc1=O. The van der Waals surface area contributed by atoms with Crippen molar-refractivity contribution < 1.29 is 9.21 Å². The van der Waals surface area contributed by atoms with Crippen LogP contribution < -0.4 is 10.9 Å². The van der Waals surface area contributed by atoms with E-state index >= 15 is 0 Å². The van der Waals surface area contributed by atoms with E-state index in [0.717, 1.165) is 10.2 Å². The predicted octanol–water partition coefficient (Wildman–Crippen LogP) is 2.41. The first-order valence-corrected chi connectivity index (χ1v) is 7.42. The van der Waals surface area contributed by atoms with Gasteiger partial charge in [0.15, 0.2) is 5.76 Å². The first-order valence-electron chi connectivity index (χ1n) is 7.42. The molecule has 0 aliphatic carbocycles. The number of hydrogen-bond acceptors (Lipinski definition) is 5. The summed E-state index contributed by atoms with van der Waals surface area (Å²) in [6.45, 7) is 3.45. The van der Waals surface area contributed by atoms with Crippen LogP contribution in [0, 0.1) is 6.92 Å². The molecule has 3 heterocycles. The molecule has 122 valence electrons. The van der Waals surface area contributed by atoms with Crippen molar-refractivity contribution in [2.24, 2.45) is 0 Å². The van der Waals surface area contributed by atoms with Crippen molar-refractivity contribution in [2.75, 3.05) is 5.32 Å². The molecular formula is C17H16N4O3. The number of nitrogens with one attached hydrogen (secondary N) is 1. The highest BCUT2D eigenvalue weighted by Crippen LogP contribution is 2.17. The van der Waals surface area contributed by atoms with Crippen molar-refractivity contribution in [2.45, 2.75) is 19.9 Å². The van der Waals surface area contributed by atoms with Crippen LogP contribution in [-0.2, 0) is 4.79 Å². The van der Waals surface area contributed by atoms with Gasteiger partial charge in [0.25, 0.3) is 5.56 Å². The third kappa shape index (κ3) is 3.10. The van der Waals surface area contributed by atoms with Crippen molar-refractivity contribution in [3.05, 3.63) is 64.8 Å². The summed E-state index contributed by atoms with van der Waals surface area (Å²) in [5.74, 6) is 0.615. The van der Waals surface area contributed by atoms with Crippen LogP contribution in [0.4, 0.5) is 5.82 Å². The molecule has 3 rings (SSSR count). The second-order valence-electron chi connectivity index (χ2n) is 5.31. The van der Waals surface area contributed by atoms with E-state index in [4.69, 9.17) is 4.42 Å². The molecule has 1 N–H and O–H groups in total. The smallest absolute Gasteiger partial charge is 0.267 e. The molecule has 7 heteroatoms. The lowest BCUT2D eigenvalue weighted by Gasteiger charge is -2.15. The van der Waals surface area contributed by atoms with Crippen molar-refractivity contribution in [3.8, 4) is 11.5 Å². The number of rotatable bonds is 4. The number of pyridine rings is 1. The first-order chi connectivity index (χ1) is 11.6. The third-order valence-corrected chi connectivity index (χ3v) is 3.60. The molecule has 1 amide bonds. The van der Waals surface area contributed by atoms with Gasteiger partial charge in [0, 0.05) is 12.3 Å². The minimum absolute atomic E-state index is 0.370. The Labute approximate surface area is 138 Å². The molecule has 0 bridgehead atoms. The molecule has 0 radical (unpaired) electrons. The Hall–Kier alpha value is -3.22. The molecule has 7 nitrogen and oxygen atoms in total. The molecule has 24 heavy (non-hydrogen) atoms. The Balaban J connectivity index is 1.88. The van der Waals surface area contributed by atoms with Crippen LogP contribution in [-0.4, -0.2) is 20.7 Å². The molecule has 3 aromatic heterocycles. The van der Waals surface area contributed by atoms with Gasteiger partial charge in [-0.05, 0) is 43.7 Å². The topological polar surface area (TPSA) is 90.0 Å². The predicted molar refractivity (Wildman–Crippen MR) is 88.5 cm³/mol. The highest BCUT2D eigenvalue weighted by molar-refractivity contribution is 5.93. The molecule has 0 aromatic carbocycles. The maximum Gasteiger partial charge on any atom is 0.267 e. The van der Waals surface area contributed by atoms with E-state index < -0.39 is 6.04 Å².